The van der Waals surface area contributed by atoms with Crippen molar-refractivity contribution in [1.29, 1.82) is 0 Å². The second-order valence-corrected chi connectivity index (χ2v) is 15.5. The van der Waals surface area contributed by atoms with Gasteiger partial charge >= 0.3 is 5.97 Å². The molecule has 3 fully saturated rings. The molecule has 54 heavy (non-hydrogen) atoms. The molecule has 5 atom stereocenters. The van der Waals surface area contributed by atoms with Gasteiger partial charge in [0.25, 0.3) is 0 Å². The zero-order valence-electron chi connectivity index (χ0n) is 30.5. The van der Waals surface area contributed by atoms with Gasteiger partial charge < -0.3 is 30.0 Å². The lowest BCUT2D eigenvalue weighted by Crippen LogP contribution is -2.35. The van der Waals surface area contributed by atoms with Crippen LogP contribution >= 0.6 is 23.2 Å². The fourth-order valence-corrected chi connectivity index (χ4v) is 9.20. The van der Waals surface area contributed by atoms with Crippen molar-refractivity contribution in [3.05, 3.63) is 86.4 Å². The van der Waals surface area contributed by atoms with Crippen LogP contribution < -0.4 is 24.8 Å². The number of carbonyl (C=O) groups is 2. The van der Waals surface area contributed by atoms with Crippen LogP contribution in [0, 0.1) is 24.7 Å². The molecule has 4 aliphatic rings. The fraction of sp³-hybridized carbons (Fsp3) is 0.415. The number of carboxylic acid groups (broad SMARTS) is 1. The standard InChI is InChI=1S/C41H43Cl2N5O6/c1-21-14-33(46-39(53-3)29(21)18-48-19-30-31(20-48)36(30)41(50)51)28-9-5-8-27(37(28)43)24-6-4-7-26-25(24)11-12-34(26)54-40-32(42)15-22(38(47-40)52-2)16-44-17-23-10-13-35(49)45-23/h4-9,14-15,23,30-31,34,36,44H,10-13,16-20H2,1-3H3,(H,45,49)(H,50,51)/t23-,30+,31?,34-,36-/m0/s1. The number of likely N-dealkylation sites (tertiary alicyclic amines) is 1. The van der Waals surface area contributed by atoms with Gasteiger partial charge in [-0.2, -0.15) is 4.98 Å². The third-order valence-corrected chi connectivity index (χ3v) is 12.1. The molecule has 8 rings (SSSR count). The molecule has 4 heterocycles. The molecule has 282 valence electrons. The molecule has 2 aliphatic heterocycles. The summed E-state index contributed by atoms with van der Waals surface area (Å²) in [6.45, 7) is 5.40. The molecule has 3 N–H and O–H groups in total. The first-order chi connectivity index (χ1) is 26.1. The fourth-order valence-electron chi connectivity index (χ4n) is 8.66. The lowest BCUT2D eigenvalue weighted by atomic mass is 9.94. The summed E-state index contributed by atoms with van der Waals surface area (Å²) >= 11 is 14.0. The minimum absolute atomic E-state index is 0.0867. The number of halogens is 2. The highest BCUT2D eigenvalue weighted by Gasteiger charge is 2.59. The summed E-state index contributed by atoms with van der Waals surface area (Å²) in [5.41, 5.74) is 8.55. The first-order valence-corrected chi connectivity index (χ1v) is 19.2. The zero-order chi connectivity index (χ0) is 37.7. The number of hydrogen-bond acceptors (Lipinski definition) is 9. The van der Waals surface area contributed by atoms with Gasteiger partial charge in [-0.05, 0) is 72.4 Å². The van der Waals surface area contributed by atoms with Crippen LogP contribution in [0.25, 0.3) is 22.4 Å². The SMILES string of the molecule is COc1nc(O[C@H]2CCc3c(-c4cccc(-c5cc(C)c(CN6CC7[C@@H](C6)[C@@H]7C(=O)O)c(OC)n5)c4Cl)cccc32)c(Cl)cc1CNC[C@@H]1CCC(=O)N1. The zero-order valence-corrected chi connectivity index (χ0v) is 32.0. The van der Waals surface area contributed by atoms with Crippen molar-refractivity contribution in [3.8, 4) is 40.0 Å². The van der Waals surface area contributed by atoms with Crippen molar-refractivity contribution in [2.24, 2.45) is 17.8 Å². The molecule has 0 radical (unpaired) electrons. The predicted molar refractivity (Wildman–Crippen MR) is 205 cm³/mol. The van der Waals surface area contributed by atoms with Crippen LogP contribution in [-0.2, 0) is 29.1 Å². The van der Waals surface area contributed by atoms with E-state index in [0.717, 1.165) is 82.6 Å². The molecular weight excluding hydrogens is 729 g/mol. The van der Waals surface area contributed by atoms with Crippen LogP contribution in [0.3, 0.4) is 0 Å². The van der Waals surface area contributed by atoms with E-state index < -0.39 is 5.97 Å². The second-order valence-electron chi connectivity index (χ2n) is 14.8. The van der Waals surface area contributed by atoms with Crippen LogP contribution in [0.1, 0.15) is 53.2 Å². The Bertz CT molecular complexity index is 2120. The van der Waals surface area contributed by atoms with Crippen LogP contribution in [0.15, 0.2) is 48.5 Å². The third kappa shape index (κ3) is 6.98. The largest absolute Gasteiger partial charge is 0.481 e. The topological polar surface area (TPSA) is 135 Å². The van der Waals surface area contributed by atoms with Gasteiger partial charge in [-0.1, -0.05) is 59.6 Å². The Labute approximate surface area is 324 Å². The van der Waals surface area contributed by atoms with E-state index in [2.05, 4.69) is 45.6 Å². The van der Waals surface area contributed by atoms with E-state index in [1.807, 2.05) is 30.3 Å². The summed E-state index contributed by atoms with van der Waals surface area (Å²) in [6.07, 6.45) is 2.65. The highest BCUT2D eigenvalue weighted by atomic mass is 35.5. The van der Waals surface area contributed by atoms with Gasteiger partial charge in [0.15, 0.2) is 0 Å². The number of methoxy groups -OCH3 is 2. The lowest BCUT2D eigenvalue weighted by molar-refractivity contribution is -0.139. The minimum Gasteiger partial charge on any atom is -0.481 e. The average molecular weight is 773 g/mol. The molecule has 0 bridgehead atoms. The van der Waals surface area contributed by atoms with Gasteiger partial charge in [-0.25, -0.2) is 4.98 Å². The number of piperidine rings is 1. The summed E-state index contributed by atoms with van der Waals surface area (Å²) in [7, 11) is 3.21. The van der Waals surface area contributed by atoms with E-state index in [-0.39, 0.29) is 35.8 Å². The van der Waals surface area contributed by atoms with Crippen molar-refractivity contribution in [1.82, 2.24) is 25.5 Å². The summed E-state index contributed by atoms with van der Waals surface area (Å²) < 4.78 is 17.9. The normalized spacial score (nSPS) is 22.8. The van der Waals surface area contributed by atoms with E-state index in [0.29, 0.717) is 53.7 Å². The predicted octanol–water partition coefficient (Wildman–Crippen LogP) is 6.64. The van der Waals surface area contributed by atoms with E-state index >= 15 is 0 Å². The Morgan fingerprint density at radius 3 is 2.43 bits per heavy atom. The lowest BCUT2D eigenvalue weighted by Gasteiger charge is -2.22. The summed E-state index contributed by atoms with van der Waals surface area (Å²) in [4.78, 5) is 34.9. The number of rotatable bonds is 13. The van der Waals surface area contributed by atoms with Gasteiger partial charge in [0.2, 0.25) is 23.5 Å². The molecule has 1 unspecified atom stereocenters. The van der Waals surface area contributed by atoms with E-state index in [1.165, 1.54) is 0 Å². The number of nitrogens with zero attached hydrogens (tertiary/aromatic N) is 3. The molecule has 1 saturated carbocycles. The number of carbonyl (C=O) groups excluding carboxylic acids is 1. The van der Waals surface area contributed by atoms with Crippen molar-refractivity contribution < 1.29 is 28.9 Å². The Morgan fingerprint density at radius 2 is 1.70 bits per heavy atom. The van der Waals surface area contributed by atoms with Gasteiger partial charge in [0.1, 0.15) is 11.1 Å². The smallest absolute Gasteiger partial charge is 0.307 e. The Morgan fingerprint density at radius 1 is 0.963 bits per heavy atom. The molecule has 2 saturated heterocycles. The van der Waals surface area contributed by atoms with E-state index in [4.69, 9.17) is 42.4 Å². The summed E-state index contributed by atoms with van der Waals surface area (Å²) in [5, 5.41) is 16.8. The van der Waals surface area contributed by atoms with E-state index in [9.17, 15) is 14.7 Å². The van der Waals surface area contributed by atoms with Crippen LogP contribution in [0.5, 0.6) is 17.6 Å². The molecular formula is C41H43Cl2N5O6. The quantitative estimate of drug-likeness (QED) is 0.136. The highest BCUT2D eigenvalue weighted by molar-refractivity contribution is 6.36. The maximum absolute atomic E-state index is 11.5. The number of benzene rings is 2. The van der Waals surface area contributed by atoms with Crippen molar-refractivity contribution >= 4 is 35.1 Å². The van der Waals surface area contributed by atoms with Crippen molar-refractivity contribution in [2.75, 3.05) is 33.9 Å². The van der Waals surface area contributed by atoms with Crippen LogP contribution in [-0.4, -0.2) is 71.7 Å². The highest BCUT2D eigenvalue weighted by Crippen LogP contribution is 2.52. The first-order valence-electron chi connectivity index (χ1n) is 18.4. The average Bonchev–Trinajstić information content (AvgIpc) is 3.47. The number of nitrogens with one attached hydrogen (secondary N) is 2. The molecule has 13 heteroatoms. The third-order valence-electron chi connectivity index (χ3n) is 11.4. The van der Waals surface area contributed by atoms with Crippen molar-refractivity contribution in [2.45, 2.75) is 57.8 Å². The maximum atomic E-state index is 11.5. The number of aryl methyl sites for hydroxylation is 1. The Balaban J connectivity index is 0.997. The number of aromatic nitrogens is 2. The van der Waals surface area contributed by atoms with Gasteiger partial charge in [-0.3, -0.25) is 14.5 Å². The number of aliphatic carboxylic acids is 1. The van der Waals surface area contributed by atoms with Gasteiger partial charge in [-0.15, -0.1) is 0 Å². The number of amides is 1. The van der Waals surface area contributed by atoms with Gasteiger partial charge in [0, 0.05) is 67.4 Å². The molecule has 1 amide bonds. The van der Waals surface area contributed by atoms with Crippen LogP contribution in [0.2, 0.25) is 10.0 Å². The molecule has 2 aromatic heterocycles. The van der Waals surface area contributed by atoms with Crippen molar-refractivity contribution in [3.63, 3.8) is 0 Å². The number of ether oxygens (including phenoxy) is 3. The maximum Gasteiger partial charge on any atom is 0.307 e. The molecule has 0 spiro atoms. The Hall–Kier alpha value is -4.42. The number of pyridine rings is 2. The number of hydrogen-bond donors (Lipinski definition) is 3. The monoisotopic (exact) mass is 771 g/mol. The summed E-state index contributed by atoms with van der Waals surface area (Å²) in [6, 6.07) is 16.2. The van der Waals surface area contributed by atoms with Crippen LogP contribution in [0.4, 0.5) is 0 Å². The first kappa shape index (κ1) is 36.6. The van der Waals surface area contributed by atoms with Gasteiger partial charge in [0.05, 0.1) is 30.9 Å². The Kier molecular flexibility index (Phi) is 10.2. The second kappa shape index (κ2) is 15.0. The summed E-state index contributed by atoms with van der Waals surface area (Å²) in [5.74, 6) is 0.978. The van der Waals surface area contributed by atoms with E-state index in [1.54, 1.807) is 14.2 Å². The molecule has 11 nitrogen and oxygen atoms in total. The minimum atomic E-state index is -0.680. The number of carboxylic acids is 1. The molecule has 4 aromatic rings. The molecule has 2 aromatic carbocycles. The molecule has 2 aliphatic carbocycles. The number of fused-ring (bicyclic) bond motifs is 2.